The van der Waals surface area contributed by atoms with Gasteiger partial charge in [-0.05, 0) is 37.5 Å². The van der Waals surface area contributed by atoms with E-state index in [9.17, 15) is 0 Å². The summed E-state index contributed by atoms with van der Waals surface area (Å²) in [5.74, 6) is 0. The summed E-state index contributed by atoms with van der Waals surface area (Å²) < 4.78 is 3.97. The van der Waals surface area contributed by atoms with Gasteiger partial charge in [0.2, 0.25) is 0 Å². The van der Waals surface area contributed by atoms with E-state index in [0.29, 0.717) is 0 Å². The molecule has 0 N–H and O–H groups in total. The monoisotopic (exact) mass is 344 g/mol. The molecule has 0 atom stereocenters. The number of imidazole rings is 1. The third-order valence-corrected chi connectivity index (χ3v) is 5.32. The van der Waals surface area contributed by atoms with Crippen molar-refractivity contribution in [3.05, 3.63) is 71.7 Å². The van der Waals surface area contributed by atoms with Crippen LogP contribution in [0.25, 0.3) is 11.3 Å². The number of aromatic nitrogens is 5. The lowest BCUT2D eigenvalue weighted by Gasteiger charge is -2.31. The first-order valence-corrected chi connectivity index (χ1v) is 8.87. The first-order valence-electron chi connectivity index (χ1n) is 8.87. The fourth-order valence-electron chi connectivity index (χ4n) is 3.74. The molecule has 1 aliphatic heterocycles. The Balaban J connectivity index is 1.68. The van der Waals surface area contributed by atoms with Crippen LogP contribution in [0.5, 0.6) is 0 Å². The van der Waals surface area contributed by atoms with Gasteiger partial charge in [0.05, 0.1) is 17.1 Å². The largest absolute Gasteiger partial charge is 0.364 e. The van der Waals surface area contributed by atoms with Gasteiger partial charge in [0.15, 0.2) is 5.65 Å². The van der Waals surface area contributed by atoms with Crippen LogP contribution in [0.15, 0.2) is 49.2 Å². The lowest BCUT2D eigenvalue weighted by molar-refractivity contribution is 0.730. The highest BCUT2D eigenvalue weighted by molar-refractivity contribution is 5.73. The minimum absolute atomic E-state index is 0.900. The number of fused-ring (bicyclic) bond motifs is 2. The van der Waals surface area contributed by atoms with Crippen molar-refractivity contribution in [3.63, 3.8) is 0 Å². The van der Waals surface area contributed by atoms with Crippen molar-refractivity contribution < 1.29 is 0 Å². The molecule has 0 spiro atoms. The first kappa shape index (κ1) is 15.1. The molecule has 1 aliphatic rings. The smallest absolute Gasteiger partial charge is 0.161 e. The van der Waals surface area contributed by atoms with E-state index in [1.807, 2.05) is 0 Å². The van der Waals surface area contributed by atoms with Gasteiger partial charge in [-0.15, -0.1) is 0 Å². The Labute approximate surface area is 151 Å². The molecular formula is C20H20N6. The molecule has 0 unspecified atom stereocenters. The third kappa shape index (κ3) is 2.29. The summed E-state index contributed by atoms with van der Waals surface area (Å²) in [7, 11) is 0. The average Bonchev–Trinajstić information content (AvgIpc) is 3.30. The number of aryl methyl sites for hydroxylation is 2. The molecule has 4 aromatic rings. The minimum Gasteiger partial charge on any atom is -0.364 e. The number of hydrogen-bond donors (Lipinski definition) is 0. The molecule has 130 valence electrons. The summed E-state index contributed by atoms with van der Waals surface area (Å²) in [4.78, 5) is 11.4. The quantitative estimate of drug-likeness (QED) is 0.561. The molecule has 1 aromatic carbocycles. The zero-order valence-electron chi connectivity index (χ0n) is 14.9. The molecule has 6 nitrogen and oxygen atoms in total. The second-order valence-corrected chi connectivity index (χ2v) is 6.84. The van der Waals surface area contributed by atoms with E-state index >= 15 is 0 Å². The Morgan fingerprint density at radius 3 is 2.73 bits per heavy atom. The Hall–Kier alpha value is -3.15. The summed E-state index contributed by atoms with van der Waals surface area (Å²) >= 11 is 0. The molecule has 5 rings (SSSR count). The van der Waals surface area contributed by atoms with Crippen molar-refractivity contribution in [3.8, 4) is 5.69 Å². The Morgan fingerprint density at radius 2 is 1.92 bits per heavy atom. The average molecular weight is 344 g/mol. The van der Waals surface area contributed by atoms with Gasteiger partial charge in [0.1, 0.15) is 12.7 Å². The molecule has 0 saturated heterocycles. The number of rotatable bonds is 2. The number of anilines is 1. The van der Waals surface area contributed by atoms with Gasteiger partial charge < -0.3 is 9.30 Å². The van der Waals surface area contributed by atoms with Gasteiger partial charge >= 0.3 is 0 Å². The van der Waals surface area contributed by atoms with E-state index in [1.165, 1.54) is 11.1 Å². The van der Waals surface area contributed by atoms with Crippen LogP contribution in [0.1, 0.15) is 22.5 Å². The van der Waals surface area contributed by atoms with Crippen molar-refractivity contribution in [2.24, 2.45) is 0 Å². The molecule has 3 aromatic heterocycles. The summed E-state index contributed by atoms with van der Waals surface area (Å²) in [6.45, 7) is 6.05. The third-order valence-electron chi connectivity index (χ3n) is 5.32. The van der Waals surface area contributed by atoms with E-state index in [4.69, 9.17) is 4.98 Å². The van der Waals surface area contributed by atoms with Gasteiger partial charge in [-0.25, -0.2) is 14.6 Å². The molecule has 0 aliphatic carbocycles. The molecule has 0 bridgehead atoms. The summed E-state index contributed by atoms with van der Waals surface area (Å²) in [6.07, 6.45) is 6.43. The topological polar surface area (TPSA) is 51.2 Å². The normalized spacial score (nSPS) is 14.0. The predicted octanol–water partition coefficient (Wildman–Crippen LogP) is 3.09. The molecule has 26 heavy (non-hydrogen) atoms. The van der Waals surface area contributed by atoms with E-state index in [1.54, 1.807) is 17.3 Å². The van der Waals surface area contributed by atoms with E-state index < -0.39 is 0 Å². The number of hydrogen-bond acceptors (Lipinski definition) is 4. The van der Waals surface area contributed by atoms with Crippen LogP contribution in [0.2, 0.25) is 0 Å². The van der Waals surface area contributed by atoms with Crippen LogP contribution < -0.4 is 4.90 Å². The number of benzene rings is 1. The zero-order valence-corrected chi connectivity index (χ0v) is 14.9. The van der Waals surface area contributed by atoms with E-state index in [2.05, 4.69) is 69.8 Å². The van der Waals surface area contributed by atoms with Crippen molar-refractivity contribution in [2.75, 3.05) is 11.4 Å². The van der Waals surface area contributed by atoms with Gasteiger partial charge in [-0.3, -0.25) is 0 Å². The summed E-state index contributed by atoms with van der Waals surface area (Å²) in [6, 6.07) is 10.9. The molecule has 6 heteroatoms. The Bertz CT molecular complexity index is 1090. The van der Waals surface area contributed by atoms with Crippen LogP contribution in [-0.4, -0.2) is 30.7 Å². The van der Waals surface area contributed by atoms with Crippen molar-refractivity contribution in [1.82, 2.24) is 24.1 Å². The zero-order chi connectivity index (χ0) is 17.7. The maximum atomic E-state index is 4.84. The fourth-order valence-corrected chi connectivity index (χ4v) is 3.74. The highest BCUT2D eigenvalue weighted by Crippen LogP contribution is 2.30. The van der Waals surface area contributed by atoms with Crippen molar-refractivity contribution >= 4 is 11.3 Å². The van der Waals surface area contributed by atoms with Crippen molar-refractivity contribution in [2.45, 2.75) is 26.8 Å². The second kappa shape index (κ2) is 5.69. The van der Waals surface area contributed by atoms with Crippen LogP contribution in [0, 0.1) is 13.8 Å². The number of pyridine rings is 1. The van der Waals surface area contributed by atoms with Gasteiger partial charge in [0, 0.05) is 25.0 Å². The lowest BCUT2D eigenvalue weighted by Crippen LogP contribution is -2.30. The molecule has 0 radical (unpaired) electrons. The van der Waals surface area contributed by atoms with Gasteiger partial charge in [-0.2, -0.15) is 5.10 Å². The molecule has 4 heterocycles. The second-order valence-electron chi connectivity index (χ2n) is 6.84. The SMILES string of the molecule is Cc1nc2c(N3CCc4ccccc4C3)cc(-n3cncn3)cn2c1C. The maximum absolute atomic E-state index is 4.84. The van der Waals surface area contributed by atoms with Crippen LogP contribution in [0.3, 0.4) is 0 Å². The summed E-state index contributed by atoms with van der Waals surface area (Å²) in [5.41, 5.74) is 8.18. The summed E-state index contributed by atoms with van der Waals surface area (Å²) in [5, 5.41) is 4.31. The van der Waals surface area contributed by atoms with Crippen molar-refractivity contribution in [1.29, 1.82) is 0 Å². The fraction of sp³-hybridized carbons (Fsp3) is 0.250. The van der Waals surface area contributed by atoms with E-state index in [-0.39, 0.29) is 0 Å². The Morgan fingerprint density at radius 1 is 1.08 bits per heavy atom. The first-order chi connectivity index (χ1) is 12.7. The van der Waals surface area contributed by atoms with Crippen LogP contribution in [-0.2, 0) is 13.0 Å². The van der Waals surface area contributed by atoms with Gasteiger partial charge in [0.25, 0.3) is 0 Å². The highest BCUT2D eigenvalue weighted by atomic mass is 15.3. The molecule has 0 amide bonds. The van der Waals surface area contributed by atoms with Gasteiger partial charge in [-0.1, -0.05) is 24.3 Å². The highest BCUT2D eigenvalue weighted by Gasteiger charge is 2.21. The lowest BCUT2D eigenvalue weighted by atomic mass is 9.99. The number of nitrogens with zero attached hydrogens (tertiary/aromatic N) is 6. The maximum Gasteiger partial charge on any atom is 0.161 e. The Kier molecular flexibility index (Phi) is 3.31. The molecular weight excluding hydrogens is 324 g/mol. The molecule has 0 fully saturated rings. The standard InChI is InChI=1S/C20H20N6/c1-14-15(2)25-11-18(26-13-21-12-22-26)9-19(20(25)23-14)24-8-7-16-5-3-4-6-17(16)10-24/h3-6,9,11-13H,7-8,10H2,1-2H3. The minimum atomic E-state index is 0.900. The van der Waals surface area contributed by atoms with Crippen LogP contribution in [0.4, 0.5) is 5.69 Å². The van der Waals surface area contributed by atoms with Crippen LogP contribution >= 0.6 is 0 Å². The molecule has 0 saturated carbocycles. The van der Waals surface area contributed by atoms with E-state index in [0.717, 1.165) is 47.9 Å². The predicted molar refractivity (Wildman–Crippen MR) is 101 cm³/mol.